The van der Waals surface area contributed by atoms with Crippen molar-refractivity contribution >= 4 is 0 Å². The number of rotatable bonds is 9. The second-order valence-electron chi connectivity index (χ2n) is 6.00. The lowest BCUT2D eigenvalue weighted by Crippen LogP contribution is -2.34. The minimum absolute atomic E-state index is 0.784. The van der Waals surface area contributed by atoms with E-state index in [1.165, 1.54) is 25.9 Å². The van der Waals surface area contributed by atoms with Gasteiger partial charge in [0.25, 0.3) is 0 Å². The molecule has 0 aliphatic heterocycles. The molecule has 2 heteroatoms. The summed E-state index contributed by atoms with van der Waals surface area (Å²) in [5.41, 5.74) is 0. The molecule has 16 heavy (non-hydrogen) atoms. The normalized spacial score (nSPS) is 16.7. The van der Waals surface area contributed by atoms with Crippen molar-refractivity contribution in [2.75, 3.05) is 26.2 Å². The zero-order valence-electron chi connectivity index (χ0n) is 11.6. The first-order chi connectivity index (χ1) is 7.61. The Kier molecular flexibility index (Phi) is 6.37. The molecular formula is C14H30N2. The molecule has 0 aromatic rings. The minimum atomic E-state index is 0.784. The maximum Gasteiger partial charge on any atom is 0.00768 e. The molecule has 0 radical (unpaired) electrons. The molecule has 1 rings (SSSR count). The van der Waals surface area contributed by atoms with Gasteiger partial charge >= 0.3 is 0 Å². The highest BCUT2D eigenvalue weighted by Gasteiger charge is 2.20. The number of hydrogen-bond donors (Lipinski definition) is 2. The highest BCUT2D eigenvalue weighted by atomic mass is 14.9. The van der Waals surface area contributed by atoms with Crippen molar-refractivity contribution in [2.24, 2.45) is 23.7 Å². The van der Waals surface area contributed by atoms with Gasteiger partial charge in [-0.05, 0) is 49.6 Å². The monoisotopic (exact) mass is 226 g/mol. The third-order valence-corrected chi connectivity index (χ3v) is 3.70. The molecule has 0 aromatic carbocycles. The van der Waals surface area contributed by atoms with Crippen LogP contribution in [0.3, 0.4) is 0 Å². The predicted octanol–water partition coefficient (Wildman–Crippen LogP) is 2.50. The van der Waals surface area contributed by atoms with E-state index >= 15 is 0 Å². The van der Waals surface area contributed by atoms with E-state index in [9.17, 15) is 0 Å². The Morgan fingerprint density at radius 2 is 1.50 bits per heavy atom. The molecule has 1 saturated carbocycles. The molecule has 0 heterocycles. The summed E-state index contributed by atoms with van der Waals surface area (Å²) in [6.07, 6.45) is 2.90. The molecule has 0 atom stereocenters. The van der Waals surface area contributed by atoms with Crippen LogP contribution in [0.4, 0.5) is 0 Å². The van der Waals surface area contributed by atoms with Gasteiger partial charge < -0.3 is 10.6 Å². The van der Waals surface area contributed by atoms with E-state index in [-0.39, 0.29) is 0 Å². The highest BCUT2D eigenvalue weighted by Crippen LogP contribution is 2.27. The Balaban J connectivity index is 1.94. The van der Waals surface area contributed by atoms with E-state index < -0.39 is 0 Å². The Labute approximate surface area is 102 Å². The number of nitrogens with one attached hydrogen (secondary N) is 2. The van der Waals surface area contributed by atoms with Crippen molar-refractivity contribution in [3.05, 3.63) is 0 Å². The maximum absolute atomic E-state index is 3.58. The Morgan fingerprint density at radius 1 is 0.938 bits per heavy atom. The second kappa shape index (κ2) is 7.29. The first-order valence-corrected chi connectivity index (χ1v) is 7.02. The molecule has 0 amide bonds. The Hall–Kier alpha value is -0.0800. The largest absolute Gasteiger partial charge is 0.315 e. The average Bonchev–Trinajstić information content (AvgIpc) is 2.99. The summed E-state index contributed by atoms with van der Waals surface area (Å²) in [6.45, 7) is 14.0. The molecule has 0 aromatic heterocycles. The van der Waals surface area contributed by atoms with E-state index in [0.29, 0.717) is 0 Å². The van der Waals surface area contributed by atoms with Crippen LogP contribution in [0.15, 0.2) is 0 Å². The van der Waals surface area contributed by atoms with Crippen LogP contribution in [0, 0.1) is 23.7 Å². The fourth-order valence-corrected chi connectivity index (χ4v) is 2.31. The summed E-state index contributed by atoms with van der Waals surface area (Å²) in [5.74, 6) is 3.38. The van der Waals surface area contributed by atoms with Crippen LogP contribution >= 0.6 is 0 Å². The van der Waals surface area contributed by atoms with Gasteiger partial charge in [-0.25, -0.2) is 0 Å². The van der Waals surface area contributed by atoms with Crippen molar-refractivity contribution in [1.82, 2.24) is 10.6 Å². The SMILES string of the molecule is CC(C)C(CNCCNCC1CC1)C(C)C. The smallest absolute Gasteiger partial charge is 0.00768 e. The van der Waals surface area contributed by atoms with Gasteiger partial charge in [0.1, 0.15) is 0 Å². The second-order valence-corrected chi connectivity index (χ2v) is 6.00. The van der Waals surface area contributed by atoms with Crippen molar-refractivity contribution in [1.29, 1.82) is 0 Å². The van der Waals surface area contributed by atoms with Gasteiger partial charge in [-0.15, -0.1) is 0 Å². The third-order valence-electron chi connectivity index (χ3n) is 3.70. The summed E-state index contributed by atoms with van der Waals surface area (Å²) in [7, 11) is 0. The van der Waals surface area contributed by atoms with Gasteiger partial charge in [0.15, 0.2) is 0 Å². The summed E-state index contributed by atoms with van der Waals surface area (Å²) < 4.78 is 0. The first-order valence-electron chi connectivity index (χ1n) is 7.02. The van der Waals surface area contributed by atoms with Gasteiger partial charge in [0, 0.05) is 13.1 Å². The average molecular weight is 226 g/mol. The van der Waals surface area contributed by atoms with Gasteiger partial charge in [-0.2, -0.15) is 0 Å². The Morgan fingerprint density at radius 3 is 2.00 bits per heavy atom. The maximum atomic E-state index is 3.58. The molecule has 1 aliphatic carbocycles. The molecular weight excluding hydrogens is 196 g/mol. The molecule has 0 bridgehead atoms. The summed E-state index contributed by atoms with van der Waals surface area (Å²) >= 11 is 0. The van der Waals surface area contributed by atoms with Crippen LogP contribution in [-0.2, 0) is 0 Å². The standard InChI is InChI=1S/C14H30N2/c1-11(2)14(12(3)4)10-16-8-7-15-9-13-5-6-13/h11-16H,5-10H2,1-4H3. The summed E-state index contributed by atoms with van der Waals surface area (Å²) in [4.78, 5) is 0. The van der Waals surface area contributed by atoms with Crippen LogP contribution < -0.4 is 10.6 Å². The van der Waals surface area contributed by atoms with Crippen LogP contribution in [0.5, 0.6) is 0 Å². The van der Waals surface area contributed by atoms with E-state index in [0.717, 1.165) is 36.8 Å². The minimum Gasteiger partial charge on any atom is -0.315 e. The molecule has 0 saturated heterocycles. The van der Waals surface area contributed by atoms with Gasteiger partial charge in [-0.1, -0.05) is 27.7 Å². The molecule has 0 unspecified atom stereocenters. The van der Waals surface area contributed by atoms with Crippen molar-refractivity contribution in [3.8, 4) is 0 Å². The summed E-state index contributed by atoms with van der Waals surface area (Å²) in [5, 5.41) is 7.10. The first kappa shape index (κ1) is 14.0. The predicted molar refractivity (Wildman–Crippen MR) is 71.6 cm³/mol. The third kappa shape index (κ3) is 5.86. The van der Waals surface area contributed by atoms with Crippen LogP contribution in [-0.4, -0.2) is 26.2 Å². The van der Waals surface area contributed by atoms with Gasteiger partial charge in [0.05, 0.1) is 0 Å². The zero-order chi connectivity index (χ0) is 12.0. The van der Waals surface area contributed by atoms with Crippen LogP contribution in [0.2, 0.25) is 0 Å². The lowest BCUT2D eigenvalue weighted by atomic mass is 9.85. The molecule has 2 N–H and O–H groups in total. The summed E-state index contributed by atoms with van der Waals surface area (Å²) in [6, 6.07) is 0. The van der Waals surface area contributed by atoms with Gasteiger partial charge in [-0.3, -0.25) is 0 Å². The number of hydrogen-bond acceptors (Lipinski definition) is 2. The molecule has 2 nitrogen and oxygen atoms in total. The van der Waals surface area contributed by atoms with Crippen molar-refractivity contribution in [3.63, 3.8) is 0 Å². The Bertz CT molecular complexity index is 166. The lowest BCUT2D eigenvalue weighted by molar-refractivity contribution is 0.276. The highest BCUT2D eigenvalue weighted by molar-refractivity contribution is 4.75. The quantitative estimate of drug-likeness (QED) is 0.590. The van der Waals surface area contributed by atoms with Crippen LogP contribution in [0.1, 0.15) is 40.5 Å². The van der Waals surface area contributed by atoms with Crippen molar-refractivity contribution < 1.29 is 0 Å². The fraction of sp³-hybridized carbons (Fsp3) is 1.00. The van der Waals surface area contributed by atoms with E-state index in [1.807, 2.05) is 0 Å². The van der Waals surface area contributed by atoms with Crippen LogP contribution in [0.25, 0.3) is 0 Å². The zero-order valence-corrected chi connectivity index (χ0v) is 11.6. The molecule has 1 aliphatic rings. The van der Waals surface area contributed by atoms with Gasteiger partial charge in [0.2, 0.25) is 0 Å². The molecule has 1 fully saturated rings. The topological polar surface area (TPSA) is 24.1 Å². The van der Waals surface area contributed by atoms with E-state index in [1.54, 1.807) is 0 Å². The van der Waals surface area contributed by atoms with E-state index in [2.05, 4.69) is 38.3 Å². The lowest BCUT2D eigenvalue weighted by Gasteiger charge is -2.25. The fourth-order valence-electron chi connectivity index (χ4n) is 2.31. The molecule has 96 valence electrons. The van der Waals surface area contributed by atoms with Crippen molar-refractivity contribution in [2.45, 2.75) is 40.5 Å². The van der Waals surface area contributed by atoms with E-state index in [4.69, 9.17) is 0 Å². The molecule has 0 spiro atoms.